The van der Waals surface area contributed by atoms with Crippen LogP contribution in [0.4, 0.5) is 0 Å². The van der Waals surface area contributed by atoms with Gasteiger partial charge < -0.3 is 11.5 Å². The van der Waals surface area contributed by atoms with Crippen molar-refractivity contribution in [1.29, 1.82) is 0 Å². The number of nitrogens with two attached hydrogens (primary N) is 2. The van der Waals surface area contributed by atoms with Crippen molar-refractivity contribution >= 4 is 0 Å². The first-order valence-corrected chi connectivity index (χ1v) is 12.2. The highest BCUT2D eigenvalue weighted by atomic mass is 14.7. The van der Waals surface area contributed by atoms with Gasteiger partial charge in [0.2, 0.25) is 0 Å². The molecule has 0 bridgehead atoms. The molecule has 0 aromatic carbocycles. The molecule has 0 radical (unpaired) electrons. The maximum absolute atomic E-state index is 6.86. The average molecular weight is 369 g/mol. The van der Waals surface area contributed by atoms with E-state index >= 15 is 0 Å². The van der Waals surface area contributed by atoms with Crippen LogP contribution in [-0.2, 0) is 0 Å². The monoisotopic (exact) mass is 368 g/mol. The summed E-state index contributed by atoms with van der Waals surface area (Å²) in [6.07, 6.45) is 26.8. The molecule has 0 saturated heterocycles. The van der Waals surface area contributed by atoms with Gasteiger partial charge in [0.05, 0.1) is 0 Å². The molecule has 0 heterocycles. The van der Waals surface area contributed by atoms with Crippen LogP contribution in [0, 0.1) is 0 Å². The third kappa shape index (κ3) is 17.3. The Morgan fingerprint density at radius 3 is 1.12 bits per heavy atom. The zero-order chi connectivity index (χ0) is 19.3. The number of unbranched alkanes of at least 4 members (excludes halogenated alkanes) is 14. The molecule has 0 rings (SSSR count). The summed E-state index contributed by atoms with van der Waals surface area (Å²) in [4.78, 5) is 0. The van der Waals surface area contributed by atoms with Crippen molar-refractivity contribution in [1.82, 2.24) is 0 Å². The molecule has 0 aliphatic heterocycles. The Bertz CT molecular complexity index is 253. The lowest BCUT2D eigenvalue weighted by molar-refractivity contribution is 0.303. The lowest BCUT2D eigenvalue weighted by atomic mass is 9.82. The van der Waals surface area contributed by atoms with Crippen molar-refractivity contribution in [2.24, 2.45) is 11.5 Å². The van der Waals surface area contributed by atoms with Gasteiger partial charge in [-0.25, -0.2) is 0 Å². The van der Waals surface area contributed by atoms with Crippen LogP contribution in [-0.4, -0.2) is 12.1 Å². The summed E-state index contributed by atoms with van der Waals surface area (Å²) in [5.74, 6) is 0. The highest BCUT2D eigenvalue weighted by molar-refractivity contribution is 4.84. The first-order chi connectivity index (χ1) is 12.7. The zero-order valence-electron chi connectivity index (χ0n) is 18.5. The highest BCUT2D eigenvalue weighted by Gasteiger charge is 2.23. The Kier molecular flexibility index (Phi) is 19.6. The molecule has 2 heteroatoms. The van der Waals surface area contributed by atoms with E-state index in [1.54, 1.807) is 0 Å². The standard InChI is InChI=1S/C24H52N2/c1-3-5-7-16-20-24(26,21-17-8-6-4-2)22-18-14-12-10-9-11-13-15-19-23-25/h3-23,25-26H2,1-2H3. The molecule has 0 fully saturated rings. The van der Waals surface area contributed by atoms with Crippen molar-refractivity contribution in [3.8, 4) is 0 Å². The van der Waals surface area contributed by atoms with E-state index in [1.807, 2.05) is 0 Å². The van der Waals surface area contributed by atoms with E-state index in [0.717, 1.165) is 6.54 Å². The fourth-order valence-electron chi connectivity index (χ4n) is 4.04. The van der Waals surface area contributed by atoms with Crippen LogP contribution in [0.5, 0.6) is 0 Å². The molecule has 0 aliphatic rings. The predicted octanol–water partition coefficient (Wildman–Crippen LogP) is 7.48. The van der Waals surface area contributed by atoms with Gasteiger partial charge in [-0.2, -0.15) is 0 Å². The normalized spacial score (nSPS) is 12.0. The van der Waals surface area contributed by atoms with Crippen LogP contribution in [0.25, 0.3) is 0 Å². The molecule has 0 amide bonds. The molecule has 4 N–H and O–H groups in total. The summed E-state index contributed by atoms with van der Waals surface area (Å²) in [6.45, 7) is 5.44. The van der Waals surface area contributed by atoms with Crippen molar-refractivity contribution in [2.45, 2.75) is 148 Å². The predicted molar refractivity (Wildman–Crippen MR) is 120 cm³/mol. The molecule has 0 unspecified atom stereocenters. The first-order valence-electron chi connectivity index (χ1n) is 12.2. The summed E-state index contributed by atoms with van der Waals surface area (Å²) < 4.78 is 0. The summed E-state index contributed by atoms with van der Waals surface area (Å²) in [6, 6.07) is 0. The average Bonchev–Trinajstić information content (AvgIpc) is 2.64. The molecule has 26 heavy (non-hydrogen) atoms. The van der Waals surface area contributed by atoms with E-state index in [1.165, 1.54) is 128 Å². The minimum atomic E-state index is 0.129. The molecular weight excluding hydrogens is 316 g/mol. The van der Waals surface area contributed by atoms with Crippen molar-refractivity contribution in [2.75, 3.05) is 6.54 Å². The third-order valence-electron chi connectivity index (χ3n) is 5.94. The molecule has 0 saturated carbocycles. The third-order valence-corrected chi connectivity index (χ3v) is 5.94. The Hall–Kier alpha value is -0.0800. The molecular formula is C24H52N2. The lowest BCUT2D eigenvalue weighted by Crippen LogP contribution is -2.39. The smallest absolute Gasteiger partial charge is 0.0154 e. The van der Waals surface area contributed by atoms with Gasteiger partial charge in [0.1, 0.15) is 0 Å². The lowest BCUT2D eigenvalue weighted by Gasteiger charge is -2.30. The summed E-state index contributed by atoms with van der Waals surface area (Å²) in [7, 11) is 0. The van der Waals surface area contributed by atoms with Crippen molar-refractivity contribution in [3.05, 3.63) is 0 Å². The van der Waals surface area contributed by atoms with Gasteiger partial charge in [0.25, 0.3) is 0 Å². The second-order valence-corrected chi connectivity index (χ2v) is 8.70. The molecule has 158 valence electrons. The van der Waals surface area contributed by atoms with Gasteiger partial charge in [-0.3, -0.25) is 0 Å². The Labute approximate surface area is 166 Å². The molecule has 0 atom stereocenters. The van der Waals surface area contributed by atoms with Gasteiger partial charge in [0.15, 0.2) is 0 Å². The summed E-state index contributed by atoms with van der Waals surface area (Å²) >= 11 is 0. The quantitative estimate of drug-likeness (QED) is 0.206. The number of hydrogen-bond acceptors (Lipinski definition) is 2. The van der Waals surface area contributed by atoms with Crippen LogP contribution in [0.15, 0.2) is 0 Å². The fourth-order valence-corrected chi connectivity index (χ4v) is 4.04. The van der Waals surface area contributed by atoms with E-state index in [2.05, 4.69) is 13.8 Å². The molecule has 2 nitrogen and oxygen atoms in total. The van der Waals surface area contributed by atoms with Gasteiger partial charge in [-0.1, -0.05) is 117 Å². The van der Waals surface area contributed by atoms with E-state index in [-0.39, 0.29) is 5.54 Å². The second kappa shape index (κ2) is 19.7. The minimum Gasteiger partial charge on any atom is -0.330 e. The van der Waals surface area contributed by atoms with Gasteiger partial charge >= 0.3 is 0 Å². The summed E-state index contributed by atoms with van der Waals surface area (Å²) in [5.41, 5.74) is 12.5. The van der Waals surface area contributed by atoms with E-state index < -0.39 is 0 Å². The fraction of sp³-hybridized carbons (Fsp3) is 1.00. The van der Waals surface area contributed by atoms with E-state index in [0.29, 0.717) is 0 Å². The van der Waals surface area contributed by atoms with Crippen LogP contribution in [0.3, 0.4) is 0 Å². The molecule has 0 aromatic heterocycles. The molecule has 0 aromatic rings. The SMILES string of the molecule is CCCCCCC(N)(CCCCCC)CCCCCCCCCCCN. The van der Waals surface area contributed by atoms with Crippen LogP contribution in [0.2, 0.25) is 0 Å². The maximum atomic E-state index is 6.86. The van der Waals surface area contributed by atoms with Crippen molar-refractivity contribution < 1.29 is 0 Å². The van der Waals surface area contributed by atoms with Gasteiger partial charge in [-0.05, 0) is 32.2 Å². The van der Waals surface area contributed by atoms with Crippen molar-refractivity contribution in [3.63, 3.8) is 0 Å². The summed E-state index contributed by atoms with van der Waals surface area (Å²) in [5, 5.41) is 0. The number of hydrogen-bond donors (Lipinski definition) is 2. The van der Waals surface area contributed by atoms with E-state index in [4.69, 9.17) is 11.5 Å². The van der Waals surface area contributed by atoms with Crippen LogP contribution in [0.1, 0.15) is 142 Å². The Morgan fingerprint density at radius 1 is 0.462 bits per heavy atom. The second-order valence-electron chi connectivity index (χ2n) is 8.70. The highest BCUT2D eigenvalue weighted by Crippen LogP contribution is 2.26. The first kappa shape index (κ1) is 25.9. The Balaban J connectivity index is 3.83. The van der Waals surface area contributed by atoms with Crippen LogP contribution >= 0.6 is 0 Å². The Morgan fingerprint density at radius 2 is 0.769 bits per heavy atom. The largest absolute Gasteiger partial charge is 0.330 e. The van der Waals surface area contributed by atoms with Gasteiger partial charge in [0, 0.05) is 5.54 Å². The number of rotatable bonds is 21. The topological polar surface area (TPSA) is 52.0 Å². The molecule has 0 spiro atoms. The van der Waals surface area contributed by atoms with E-state index in [9.17, 15) is 0 Å². The maximum Gasteiger partial charge on any atom is 0.0154 e. The molecule has 0 aliphatic carbocycles. The van der Waals surface area contributed by atoms with Gasteiger partial charge in [-0.15, -0.1) is 0 Å². The minimum absolute atomic E-state index is 0.129. The van der Waals surface area contributed by atoms with Crippen LogP contribution < -0.4 is 11.5 Å². The zero-order valence-corrected chi connectivity index (χ0v) is 18.5.